The summed E-state index contributed by atoms with van der Waals surface area (Å²) in [6.07, 6.45) is 6.63. The van der Waals surface area contributed by atoms with Crippen molar-refractivity contribution < 1.29 is 4.79 Å². The highest BCUT2D eigenvalue weighted by Gasteiger charge is 2.33. The number of carbonyl (C=O) groups is 1. The van der Waals surface area contributed by atoms with E-state index < -0.39 is 0 Å². The lowest BCUT2D eigenvalue weighted by molar-refractivity contribution is -0.122. The van der Waals surface area contributed by atoms with Gasteiger partial charge in [-0.15, -0.1) is 0 Å². The molecule has 0 unspecified atom stereocenters. The van der Waals surface area contributed by atoms with E-state index in [0.29, 0.717) is 16.2 Å². The maximum Gasteiger partial charge on any atom is 0.266 e. The molecule has 1 aliphatic heterocycles. The lowest BCUT2D eigenvalue weighted by Crippen LogP contribution is -2.33. The molecule has 1 fully saturated rings. The molecule has 1 aliphatic rings. The van der Waals surface area contributed by atoms with Gasteiger partial charge in [0.2, 0.25) is 0 Å². The van der Waals surface area contributed by atoms with Gasteiger partial charge in [0, 0.05) is 6.54 Å². The van der Waals surface area contributed by atoms with Crippen molar-refractivity contribution in [3.63, 3.8) is 0 Å². The predicted octanol–water partition coefficient (Wildman–Crippen LogP) is 6.23. The van der Waals surface area contributed by atoms with Gasteiger partial charge in [0.15, 0.2) is 0 Å². The second kappa shape index (κ2) is 9.54. The van der Waals surface area contributed by atoms with Gasteiger partial charge in [-0.25, -0.2) is 0 Å². The third-order valence-electron chi connectivity index (χ3n) is 4.76. The van der Waals surface area contributed by atoms with Crippen LogP contribution in [0.1, 0.15) is 70.4 Å². The van der Waals surface area contributed by atoms with E-state index in [1.54, 1.807) is 4.90 Å². The first-order chi connectivity index (χ1) is 12.0. The first-order valence-electron chi connectivity index (χ1n) is 9.31. The van der Waals surface area contributed by atoms with Crippen molar-refractivity contribution in [1.29, 1.82) is 0 Å². The predicted molar refractivity (Wildman–Crippen MR) is 114 cm³/mol. The average Bonchev–Trinajstić information content (AvgIpc) is 2.86. The number of thiocarbonyl (C=S) groups is 1. The lowest BCUT2D eigenvalue weighted by Gasteiger charge is -2.21. The smallest absolute Gasteiger partial charge is 0.266 e. The van der Waals surface area contributed by atoms with Gasteiger partial charge in [0.1, 0.15) is 4.32 Å². The third-order valence-corrected chi connectivity index (χ3v) is 6.14. The zero-order valence-corrected chi connectivity index (χ0v) is 17.4. The Morgan fingerprint density at radius 3 is 2.44 bits per heavy atom. The zero-order chi connectivity index (χ0) is 18.4. The molecule has 0 saturated carbocycles. The number of carbonyl (C=O) groups excluding carboxylic acids is 1. The van der Waals surface area contributed by atoms with Crippen molar-refractivity contribution in [3.8, 4) is 0 Å². The molecule has 0 bridgehead atoms. The Morgan fingerprint density at radius 2 is 1.88 bits per heavy atom. The largest absolute Gasteiger partial charge is 0.293 e. The number of amides is 1. The maximum atomic E-state index is 12.8. The Bertz CT molecular complexity index is 634. The van der Waals surface area contributed by atoms with Crippen LogP contribution in [0.5, 0.6) is 0 Å². The van der Waals surface area contributed by atoms with Crippen LogP contribution in [0.15, 0.2) is 29.2 Å². The Labute approximate surface area is 162 Å². The minimum Gasteiger partial charge on any atom is -0.293 e. The number of unbranched alkanes of at least 4 members (excludes halogenated alkanes) is 1. The highest BCUT2D eigenvalue weighted by Crippen LogP contribution is 2.34. The maximum absolute atomic E-state index is 12.8. The van der Waals surface area contributed by atoms with Crippen LogP contribution in [0.3, 0.4) is 0 Å². The van der Waals surface area contributed by atoms with Gasteiger partial charge >= 0.3 is 0 Å². The average molecular weight is 376 g/mol. The van der Waals surface area contributed by atoms with Crippen LogP contribution < -0.4 is 0 Å². The summed E-state index contributed by atoms with van der Waals surface area (Å²) in [6.45, 7) is 9.53. The third kappa shape index (κ3) is 5.42. The summed E-state index contributed by atoms with van der Waals surface area (Å²) in [7, 11) is 0. The van der Waals surface area contributed by atoms with Gasteiger partial charge < -0.3 is 0 Å². The van der Waals surface area contributed by atoms with Gasteiger partial charge in [-0.05, 0) is 35.5 Å². The number of hydrogen-bond donors (Lipinski definition) is 0. The standard InChI is InChI=1S/C21H29NOS2/c1-5-7-8-16(6-2)14-22-20(23)19(25-21(22)24)13-17-9-11-18(12-10-17)15(3)4/h9-13,15-16H,5-8,14H2,1-4H3/b19-13-/t16-/m0/s1. The molecular weight excluding hydrogens is 346 g/mol. The molecule has 1 amide bonds. The minimum atomic E-state index is 0.0675. The Kier molecular flexibility index (Phi) is 7.70. The topological polar surface area (TPSA) is 20.3 Å². The van der Waals surface area contributed by atoms with Gasteiger partial charge in [0.25, 0.3) is 5.91 Å². The van der Waals surface area contributed by atoms with Crippen LogP contribution in [-0.4, -0.2) is 21.7 Å². The highest BCUT2D eigenvalue weighted by atomic mass is 32.2. The van der Waals surface area contributed by atoms with Crippen LogP contribution in [0.4, 0.5) is 0 Å². The van der Waals surface area contributed by atoms with Crippen molar-refractivity contribution in [2.24, 2.45) is 5.92 Å². The molecule has 1 aromatic rings. The SMILES string of the molecule is CCCC[C@H](CC)CN1C(=O)/C(=C/c2ccc(C(C)C)cc2)SC1=S. The van der Waals surface area contributed by atoms with E-state index in [0.717, 1.165) is 23.4 Å². The summed E-state index contributed by atoms with van der Waals surface area (Å²) < 4.78 is 0.699. The molecule has 0 aliphatic carbocycles. The van der Waals surface area contributed by atoms with Crippen LogP contribution in [-0.2, 0) is 4.79 Å². The first kappa shape index (κ1) is 20.2. The molecule has 1 heterocycles. The molecule has 0 aromatic heterocycles. The molecule has 25 heavy (non-hydrogen) atoms. The quantitative estimate of drug-likeness (QED) is 0.397. The zero-order valence-electron chi connectivity index (χ0n) is 15.7. The molecule has 1 saturated heterocycles. The second-order valence-corrected chi connectivity index (χ2v) is 8.71. The lowest BCUT2D eigenvalue weighted by atomic mass is 9.99. The van der Waals surface area contributed by atoms with Crippen LogP contribution >= 0.6 is 24.0 Å². The molecule has 0 spiro atoms. The summed E-state index contributed by atoms with van der Waals surface area (Å²) in [5, 5.41) is 0. The van der Waals surface area contributed by atoms with Crippen LogP contribution in [0, 0.1) is 5.92 Å². The summed E-state index contributed by atoms with van der Waals surface area (Å²) >= 11 is 6.90. The summed E-state index contributed by atoms with van der Waals surface area (Å²) in [5.74, 6) is 1.12. The Balaban J connectivity index is 2.08. The van der Waals surface area contributed by atoms with E-state index >= 15 is 0 Å². The fourth-order valence-corrected chi connectivity index (χ4v) is 4.24. The van der Waals surface area contributed by atoms with E-state index in [2.05, 4.69) is 52.0 Å². The van der Waals surface area contributed by atoms with E-state index in [9.17, 15) is 4.79 Å². The molecule has 0 N–H and O–H groups in total. The number of hydrogen-bond acceptors (Lipinski definition) is 3. The van der Waals surface area contributed by atoms with Crippen molar-refractivity contribution >= 4 is 40.3 Å². The van der Waals surface area contributed by atoms with Crippen LogP contribution in [0.2, 0.25) is 0 Å². The van der Waals surface area contributed by atoms with Crippen molar-refractivity contribution in [2.45, 2.75) is 59.3 Å². The Hall–Kier alpha value is -1.13. The highest BCUT2D eigenvalue weighted by molar-refractivity contribution is 8.26. The number of benzene rings is 1. The molecule has 136 valence electrons. The van der Waals surface area contributed by atoms with Crippen molar-refractivity contribution in [3.05, 3.63) is 40.3 Å². The molecule has 4 heteroatoms. The monoisotopic (exact) mass is 375 g/mol. The summed E-state index contributed by atoms with van der Waals surface area (Å²) in [4.78, 5) is 15.3. The fourth-order valence-electron chi connectivity index (χ4n) is 2.96. The van der Waals surface area contributed by atoms with E-state index in [1.165, 1.54) is 36.6 Å². The first-order valence-corrected chi connectivity index (χ1v) is 10.5. The molecule has 0 radical (unpaired) electrons. The molecule has 1 aromatic carbocycles. The van der Waals surface area contributed by atoms with Gasteiger partial charge in [-0.3, -0.25) is 9.69 Å². The molecule has 2 rings (SSSR count). The number of thioether (sulfide) groups is 1. The van der Waals surface area contributed by atoms with E-state index in [-0.39, 0.29) is 5.91 Å². The molecular formula is C21H29NOS2. The number of rotatable bonds is 8. The fraction of sp³-hybridized carbons (Fsp3) is 0.524. The van der Waals surface area contributed by atoms with Crippen molar-refractivity contribution in [2.75, 3.05) is 6.54 Å². The normalized spacial score (nSPS) is 17.8. The van der Waals surface area contributed by atoms with Gasteiger partial charge in [0.05, 0.1) is 4.91 Å². The van der Waals surface area contributed by atoms with Gasteiger partial charge in [-0.1, -0.05) is 95.2 Å². The van der Waals surface area contributed by atoms with E-state index in [1.807, 2.05) is 6.08 Å². The minimum absolute atomic E-state index is 0.0675. The summed E-state index contributed by atoms with van der Waals surface area (Å²) in [6, 6.07) is 8.43. The second-order valence-electron chi connectivity index (χ2n) is 7.03. The van der Waals surface area contributed by atoms with Crippen LogP contribution in [0.25, 0.3) is 6.08 Å². The van der Waals surface area contributed by atoms with E-state index in [4.69, 9.17) is 12.2 Å². The van der Waals surface area contributed by atoms with Crippen molar-refractivity contribution in [1.82, 2.24) is 4.90 Å². The molecule has 1 atom stereocenters. The Morgan fingerprint density at radius 1 is 1.20 bits per heavy atom. The van der Waals surface area contributed by atoms with Gasteiger partial charge in [-0.2, -0.15) is 0 Å². The summed E-state index contributed by atoms with van der Waals surface area (Å²) in [5.41, 5.74) is 2.37. The molecule has 2 nitrogen and oxygen atoms in total. The number of nitrogens with zero attached hydrogens (tertiary/aromatic N) is 1.